The van der Waals surface area contributed by atoms with Gasteiger partial charge in [-0.15, -0.1) is 0 Å². The van der Waals surface area contributed by atoms with Gasteiger partial charge >= 0.3 is 0 Å². The normalized spacial score (nSPS) is 10.0. The molecule has 0 atom stereocenters. The van der Waals surface area contributed by atoms with E-state index in [1.54, 1.807) is 0 Å². The van der Waals surface area contributed by atoms with Crippen LogP contribution in [0.25, 0.3) is 0 Å². The molecule has 0 aliphatic heterocycles. The van der Waals surface area contributed by atoms with Crippen LogP contribution in [0.5, 0.6) is 0 Å². The lowest BCUT2D eigenvalue weighted by atomic mass is 10.1. The number of amides is 1. The zero-order chi connectivity index (χ0) is 13.0. The van der Waals surface area contributed by atoms with Gasteiger partial charge in [0.25, 0.3) is 11.6 Å². The molecule has 0 heterocycles. The van der Waals surface area contributed by atoms with Crippen LogP contribution in [0.3, 0.4) is 0 Å². The lowest BCUT2D eigenvalue weighted by molar-refractivity contribution is -0.384. The van der Waals surface area contributed by atoms with E-state index in [1.165, 1.54) is 0 Å². The number of nitrogens with zero attached hydrogens (tertiary/aromatic N) is 1. The molecule has 92 valence electrons. The molecule has 0 saturated carbocycles. The summed E-state index contributed by atoms with van der Waals surface area (Å²) in [5.74, 6) is -0.463. The Morgan fingerprint density at radius 3 is 2.76 bits per heavy atom. The number of carbonyl (C=O) groups is 1. The molecule has 0 unspecified atom stereocenters. The Morgan fingerprint density at radius 2 is 2.24 bits per heavy atom. The monoisotopic (exact) mass is 257 g/mol. The lowest BCUT2D eigenvalue weighted by Crippen LogP contribution is -2.25. The van der Waals surface area contributed by atoms with Crippen LogP contribution in [0.1, 0.15) is 23.7 Å². The number of nitrogens with two attached hydrogens (primary N) is 1. The maximum atomic E-state index is 11.7. The summed E-state index contributed by atoms with van der Waals surface area (Å²) in [4.78, 5) is 21.7. The van der Waals surface area contributed by atoms with Crippen LogP contribution >= 0.6 is 11.6 Å². The molecule has 17 heavy (non-hydrogen) atoms. The first-order valence-corrected chi connectivity index (χ1v) is 5.36. The number of nitrogens with one attached hydrogen (secondary N) is 1. The van der Waals surface area contributed by atoms with Gasteiger partial charge in [0.1, 0.15) is 0 Å². The van der Waals surface area contributed by atoms with Crippen LogP contribution < -0.4 is 11.1 Å². The number of hydrogen-bond donors (Lipinski definition) is 2. The van der Waals surface area contributed by atoms with Gasteiger partial charge in [-0.3, -0.25) is 14.9 Å². The third-order valence-corrected chi connectivity index (χ3v) is 2.42. The molecular formula is C10H12ClN3O3. The quantitative estimate of drug-likeness (QED) is 0.489. The van der Waals surface area contributed by atoms with Gasteiger partial charge < -0.3 is 11.1 Å². The van der Waals surface area contributed by atoms with Gasteiger partial charge in [0.15, 0.2) is 0 Å². The van der Waals surface area contributed by atoms with Crippen molar-refractivity contribution < 1.29 is 9.72 Å². The molecule has 6 nitrogen and oxygen atoms in total. The minimum Gasteiger partial charge on any atom is -0.397 e. The Labute approximate surface area is 103 Å². The highest BCUT2D eigenvalue weighted by atomic mass is 35.5. The maximum Gasteiger partial charge on any atom is 0.271 e. The van der Waals surface area contributed by atoms with Crippen molar-refractivity contribution in [2.75, 3.05) is 12.3 Å². The number of nitro groups is 1. The fourth-order valence-electron chi connectivity index (χ4n) is 1.23. The first-order valence-electron chi connectivity index (χ1n) is 4.99. The van der Waals surface area contributed by atoms with Crippen molar-refractivity contribution in [3.8, 4) is 0 Å². The molecule has 0 saturated heterocycles. The van der Waals surface area contributed by atoms with Crippen molar-refractivity contribution in [3.05, 3.63) is 32.8 Å². The zero-order valence-electron chi connectivity index (χ0n) is 9.20. The number of anilines is 1. The first kappa shape index (κ1) is 13.2. The average molecular weight is 258 g/mol. The number of halogens is 1. The van der Waals surface area contributed by atoms with E-state index in [0.29, 0.717) is 6.54 Å². The number of nitrogen functional groups attached to an aromatic ring is 1. The second-order valence-corrected chi connectivity index (χ2v) is 3.81. The molecule has 1 aromatic rings. The molecule has 3 N–H and O–H groups in total. The van der Waals surface area contributed by atoms with Crippen LogP contribution in [0.15, 0.2) is 12.1 Å². The average Bonchev–Trinajstić information content (AvgIpc) is 2.29. The largest absolute Gasteiger partial charge is 0.397 e. The molecule has 0 bridgehead atoms. The highest BCUT2D eigenvalue weighted by molar-refractivity contribution is 6.34. The number of nitro benzene ring substituents is 1. The van der Waals surface area contributed by atoms with E-state index in [4.69, 9.17) is 17.3 Å². The van der Waals surface area contributed by atoms with Crippen molar-refractivity contribution in [2.45, 2.75) is 13.3 Å². The fourth-order valence-corrected chi connectivity index (χ4v) is 1.44. The first-order chi connectivity index (χ1) is 7.97. The summed E-state index contributed by atoms with van der Waals surface area (Å²) in [5.41, 5.74) is 5.42. The highest BCUT2D eigenvalue weighted by Crippen LogP contribution is 2.28. The topological polar surface area (TPSA) is 98.3 Å². The lowest BCUT2D eigenvalue weighted by Gasteiger charge is -2.07. The number of hydrogen-bond acceptors (Lipinski definition) is 4. The molecule has 0 aliphatic rings. The Hall–Kier alpha value is -1.82. The maximum absolute atomic E-state index is 11.7. The van der Waals surface area contributed by atoms with E-state index in [9.17, 15) is 14.9 Å². The summed E-state index contributed by atoms with van der Waals surface area (Å²) in [7, 11) is 0. The highest BCUT2D eigenvalue weighted by Gasteiger charge is 2.18. The Morgan fingerprint density at radius 1 is 1.59 bits per heavy atom. The molecule has 1 amide bonds. The third kappa shape index (κ3) is 3.07. The van der Waals surface area contributed by atoms with E-state index in [-0.39, 0.29) is 22.0 Å². The van der Waals surface area contributed by atoms with Gasteiger partial charge in [-0.25, -0.2) is 0 Å². The summed E-state index contributed by atoms with van der Waals surface area (Å²) in [5, 5.41) is 13.2. The Bertz CT molecular complexity index is 462. The standard InChI is InChI=1S/C10H12ClN3O3/c1-2-3-13-10(15)7-4-6(14(16)17)5-8(11)9(7)12/h4-5H,2-3,12H2,1H3,(H,13,15). The van der Waals surface area contributed by atoms with Gasteiger partial charge in [-0.05, 0) is 6.42 Å². The smallest absolute Gasteiger partial charge is 0.271 e. The van der Waals surface area contributed by atoms with Gasteiger partial charge in [0, 0.05) is 18.7 Å². The van der Waals surface area contributed by atoms with Gasteiger partial charge in [-0.2, -0.15) is 0 Å². The van der Waals surface area contributed by atoms with Crippen molar-refractivity contribution >= 4 is 28.9 Å². The van der Waals surface area contributed by atoms with Gasteiger partial charge in [0.2, 0.25) is 0 Å². The fraction of sp³-hybridized carbons (Fsp3) is 0.300. The molecule has 1 aromatic carbocycles. The molecule has 0 radical (unpaired) electrons. The third-order valence-electron chi connectivity index (χ3n) is 2.11. The number of rotatable bonds is 4. The summed E-state index contributed by atoms with van der Waals surface area (Å²) in [6.07, 6.45) is 0.758. The molecule has 7 heteroatoms. The molecular weight excluding hydrogens is 246 g/mol. The summed E-state index contributed by atoms with van der Waals surface area (Å²) in [6, 6.07) is 2.24. The van der Waals surface area contributed by atoms with E-state index >= 15 is 0 Å². The summed E-state index contributed by atoms with van der Waals surface area (Å²) in [6.45, 7) is 2.36. The van der Waals surface area contributed by atoms with E-state index in [1.807, 2.05) is 6.92 Å². The molecule has 0 fully saturated rings. The van der Waals surface area contributed by atoms with Crippen LogP contribution in [-0.2, 0) is 0 Å². The Balaban J connectivity index is 3.13. The molecule has 0 spiro atoms. The molecule has 0 aliphatic carbocycles. The van der Waals surface area contributed by atoms with E-state index in [0.717, 1.165) is 18.6 Å². The van der Waals surface area contributed by atoms with Crippen LogP contribution in [0.2, 0.25) is 5.02 Å². The number of non-ortho nitro benzene ring substituents is 1. The van der Waals surface area contributed by atoms with Crippen LogP contribution in [0, 0.1) is 10.1 Å². The predicted octanol–water partition coefficient (Wildman–Crippen LogP) is 1.97. The van der Waals surface area contributed by atoms with Crippen molar-refractivity contribution in [1.29, 1.82) is 0 Å². The second kappa shape index (κ2) is 5.49. The van der Waals surface area contributed by atoms with Crippen LogP contribution in [-0.4, -0.2) is 17.4 Å². The number of carbonyl (C=O) groups excluding carboxylic acids is 1. The summed E-state index contributed by atoms with van der Waals surface area (Å²) >= 11 is 5.73. The molecule has 1 rings (SSSR count). The van der Waals surface area contributed by atoms with Gasteiger partial charge in [0.05, 0.1) is 21.2 Å². The second-order valence-electron chi connectivity index (χ2n) is 3.40. The number of benzene rings is 1. The van der Waals surface area contributed by atoms with E-state index < -0.39 is 10.8 Å². The van der Waals surface area contributed by atoms with Crippen LogP contribution in [0.4, 0.5) is 11.4 Å². The Kier molecular flexibility index (Phi) is 4.28. The molecule has 0 aromatic heterocycles. The van der Waals surface area contributed by atoms with Crippen molar-refractivity contribution in [2.24, 2.45) is 0 Å². The SMILES string of the molecule is CCCNC(=O)c1cc([N+](=O)[O-])cc(Cl)c1N. The zero-order valence-corrected chi connectivity index (χ0v) is 9.95. The summed E-state index contributed by atoms with van der Waals surface area (Å²) < 4.78 is 0. The minimum atomic E-state index is -0.623. The predicted molar refractivity (Wildman–Crippen MR) is 65.1 cm³/mol. The van der Waals surface area contributed by atoms with Gasteiger partial charge in [-0.1, -0.05) is 18.5 Å². The van der Waals surface area contributed by atoms with Crippen molar-refractivity contribution in [3.63, 3.8) is 0 Å². The van der Waals surface area contributed by atoms with E-state index in [2.05, 4.69) is 5.32 Å². The van der Waals surface area contributed by atoms with Crippen molar-refractivity contribution in [1.82, 2.24) is 5.32 Å². The minimum absolute atomic E-state index is 0.000786.